The van der Waals surface area contributed by atoms with Gasteiger partial charge in [-0.2, -0.15) is 0 Å². The lowest BCUT2D eigenvalue weighted by atomic mass is 10.1. The summed E-state index contributed by atoms with van der Waals surface area (Å²) in [6.45, 7) is 4.02. The summed E-state index contributed by atoms with van der Waals surface area (Å²) in [5, 5.41) is 2.49. The fourth-order valence-corrected chi connectivity index (χ4v) is 4.27. The number of amides is 2. The van der Waals surface area contributed by atoms with Gasteiger partial charge in [0.15, 0.2) is 16.6 Å². The number of thiocarbonyl (C=S) groups is 1. The van der Waals surface area contributed by atoms with Crippen molar-refractivity contribution in [3.8, 4) is 17.2 Å². The molecule has 2 aliphatic rings. The van der Waals surface area contributed by atoms with Crippen molar-refractivity contribution >= 4 is 40.9 Å². The van der Waals surface area contributed by atoms with E-state index < -0.39 is 17.6 Å². The lowest BCUT2D eigenvalue weighted by Gasteiger charge is -2.28. The number of benzene rings is 2. The van der Waals surface area contributed by atoms with E-state index in [1.807, 2.05) is 42.7 Å². The number of aryl methyl sites for hydroxylation is 1. The average Bonchev–Trinajstić information content (AvgIpc) is 3.35. The number of hydrogen-bond acceptors (Lipinski definition) is 5. The Balaban J connectivity index is 1.54. The fourth-order valence-electron chi connectivity index (χ4n) is 3.99. The van der Waals surface area contributed by atoms with Gasteiger partial charge in [0, 0.05) is 23.1 Å². The van der Waals surface area contributed by atoms with Gasteiger partial charge in [-0.15, -0.1) is 0 Å². The third kappa shape index (κ3) is 3.56. The van der Waals surface area contributed by atoms with E-state index in [0.29, 0.717) is 22.7 Å². The third-order valence-electron chi connectivity index (χ3n) is 5.57. The zero-order valence-corrected chi connectivity index (χ0v) is 18.5. The summed E-state index contributed by atoms with van der Waals surface area (Å²) in [5.41, 5.74) is 3.61. The van der Waals surface area contributed by atoms with E-state index in [0.717, 1.165) is 17.1 Å². The van der Waals surface area contributed by atoms with Gasteiger partial charge in [0.1, 0.15) is 11.4 Å². The Morgan fingerprint density at radius 2 is 1.70 bits per heavy atom. The van der Waals surface area contributed by atoms with E-state index in [1.54, 1.807) is 6.08 Å². The molecule has 1 aromatic heterocycles. The first kappa shape index (κ1) is 20.9. The van der Waals surface area contributed by atoms with E-state index in [9.17, 15) is 14.0 Å². The Hall–Kier alpha value is -3.98. The molecule has 0 unspecified atom stereocenters. The van der Waals surface area contributed by atoms with Gasteiger partial charge in [0.2, 0.25) is 6.79 Å². The van der Waals surface area contributed by atoms with Crippen LogP contribution in [0.15, 0.2) is 54.1 Å². The third-order valence-corrected chi connectivity index (χ3v) is 5.86. The number of ether oxygens (including phenoxy) is 2. The number of fused-ring (bicyclic) bond motifs is 1. The summed E-state index contributed by atoms with van der Waals surface area (Å²) in [4.78, 5) is 27.0. The molecule has 0 saturated carbocycles. The van der Waals surface area contributed by atoms with Crippen molar-refractivity contribution in [2.45, 2.75) is 13.8 Å². The molecule has 2 amide bonds. The second-order valence-electron chi connectivity index (χ2n) is 7.63. The second-order valence-corrected chi connectivity index (χ2v) is 8.02. The van der Waals surface area contributed by atoms with Gasteiger partial charge in [-0.25, -0.2) is 4.39 Å². The minimum absolute atomic E-state index is 0.0559. The molecule has 0 spiro atoms. The number of nitrogens with zero attached hydrogens (tertiary/aromatic N) is 2. The predicted octanol–water partition coefficient (Wildman–Crippen LogP) is 3.79. The average molecular weight is 463 g/mol. The van der Waals surface area contributed by atoms with Gasteiger partial charge in [-0.05, 0) is 80.2 Å². The minimum atomic E-state index is -0.587. The van der Waals surface area contributed by atoms with Crippen LogP contribution in [0.3, 0.4) is 0 Å². The van der Waals surface area contributed by atoms with Crippen LogP contribution >= 0.6 is 12.2 Å². The summed E-state index contributed by atoms with van der Waals surface area (Å²) in [6, 6.07) is 12.8. The Kier molecular flexibility index (Phi) is 4.98. The molecule has 3 heterocycles. The quantitative estimate of drug-likeness (QED) is 0.364. The van der Waals surface area contributed by atoms with Crippen LogP contribution in [0.25, 0.3) is 11.8 Å². The Labute approximate surface area is 194 Å². The molecule has 2 aliphatic heterocycles. The second kappa shape index (κ2) is 7.86. The van der Waals surface area contributed by atoms with E-state index >= 15 is 0 Å². The molecular weight excluding hydrogens is 445 g/mol. The van der Waals surface area contributed by atoms with Crippen LogP contribution in [0, 0.1) is 19.7 Å². The number of hydrogen-bond donors (Lipinski definition) is 1. The highest BCUT2D eigenvalue weighted by Crippen LogP contribution is 2.35. The maximum atomic E-state index is 13.3. The van der Waals surface area contributed by atoms with Crippen LogP contribution in [0.5, 0.6) is 11.5 Å². The number of rotatable bonds is 3. The number of anilines is 1. The highest BCUT2D eigenvalue weighted by atomic mass is 32.1. The van der Waals surface area contributed by atoms with Crippen molar-refractivity contribution in [1.29, 1.82) is 0 Å². The molecule has 2 aromatic carbocycles. The molecule has 7 nitrogen and oxygen atoms in total. The SMILES string of the molecule is Cc1cc(/C=C2/C(=O)NC(=S)N(c3ccc(F)cc3)C2=O)c(C)n1-c1ccc2c(c1)OCO2. The summed E-state index contributed by atoms with van der Waals surface area (Å²) in [6.07, 6.45) is 1.54. The number of nitrogens with one attached hydrogen (secondary N) is 1. The number of aromatic nitrogens is 1. The molecular formula is C24H18FN3O4S. The molecule has 1 saturated heterocycles. The molecule has 0 atom stereocenters. The van der Waals surface area contributed by atoms with E-state index in [2.05, 4.69) is 5.32 Å². The fraction of sp³-hybridized carbons (Fsp3) is 0.125. The predicted molar refractivity (Wildman–Crippen MR) is 124 cm³/mol. The first-order chi connectivity index (χ1) is 15.8. The zero-order valence-electron chi connectivity index (χ0n) is 17.7. The monoisotopic (exact) mass is 463 g/mol. The molecule has 5 rings (SSSR count). The van der Waals surface area contributed by atoms with Crippen LogP contribution < -0.4 is 19.7 Å². The lowest BCUT2D eigenvalue weighted by Crippen LogP contribution is -2.54. The summed E-state index contributed by atoms with van der Waals surface area (Å²) in [7, 11) is 0. The van der Waals surface area contributed by atoms with Crippen molar-refractivity contribution in [3.63, 3.8) is 0 Å². The number of carbonyl (C=O) groups excluding carboxylic acids is 2. The summed E-state index contributed by atoms with van der Waals surface area (Å²) >= 11 is 5.19. The standard InChI is InChI=1S/C24H18FN3O4S/c1-13-9-15(14(2)27(13)18-7-8-20-21(11-18)32-12-31-20)10-19-22(29)26-24(33)28(23(19)30)17-5-3-16(25)4-6-17/h3-11H,12H2,1-2H3,(H,26,29,33)/b19-10-. The topological polar surface area (TPSA) is 72.8 Å². The highest BCUT2D eigenvalue weighted by Gasteiger charge is 2.34. The van der Waals surface area contributed by atoms with E-state index in [4.69, 9.17) is 21.7 Å². The maximum absolute atomic E-state index is 13.3. The van der Waals surface area contributed by atoms with Crippen LogP contribution in [0.2, 0.25) is 0 Å². The Morgan fingerprint density at radius 3 is 2.45 bits per heavy atom. The van der Waals surface area contributed by atoms with Crippen molar-refractivity contribution in [2.24, 2.45) is 0 Å². The molecule has 0 radical (unpaired) electrons. The van der Waals surface area contributed by atoms with Gasteiger partial charge in [0.25, 0.3) is 11.8 Å². The van der Waals surface area contributed by atoms with Gasteiger partial charge in [0.05, 0.1) is 5.69 Å². The molecule has 9 heteroatoms. The van der Waals surface area contributed by atoms with Crippen molar-refractivity contribution in [1.82, 2.24) is 9.88 Å². The van der Waals surface area contributed by atoms with Gasteiger partial charge in [-0.3, -0.25) is 19.8 Å². The molecule has 33 heavy (non-hydrogen) atoms. The smallest absolute Gasteiger partial charge is 0.270 e. The van der Waals surface area contributed by atoms with Gasteiger partial charge in [-0.1, -0.05) is 0 Å². The molecule has 166 valence electrons. The number of halogens is 1. The van der Waals surface area contributed by atoms with Crippen molar-refractivity contribution in [3.05, 3.63) is 76.9 Å². The van der Waals surface area contributed by atoms with Crippen LogP contribution in [0.1, 0.15) is 17.0 Å². The maximum Gasteiger partial charge on any atom is 0.270 e. The summed E-state index contributed by atoms with van der Waals surface area (Å²) in [5.74, 6) is -0.264. The minimum Gasteiger partial charge on any atom is -0.454 e. The molecule has 3 aromatic rings. The van der Waals surface area contributed by atoms with Gasteiger partial charge < -0.3 is 14.0 Å². The zero-order chi connectivity index (χ0) is 23.3. The normalized spacial score (nSPS) is 16.5. The molecule has 0 aliphatic carbocycles. The van der Waals surface area contributed by atoms with Crippen LogP contribution in [0.4, 0.5) is 10.1 Å². The highest BCUT2D eigenvalue weighted by molar-refractivity contribution is 7.80. The Morgan fingerprint density at radius 1 is 1.00 bits per heavy atom. The van der Waals surface area contributed by atoms with Crippen LogP contribution in [-0.2, 0) is 9.59 Å². The van der Waals surface area contributed by atoms with Gasteiger partial charge >= 0.3 is 0 Å². The van der Waals surface area contributed by atoms with Crippen LogP contribution in [-0.4, -0.2) is 28.3 Å². The van der Waals surface area contributed by atoms with E-state index in [-0.39, 0.29) is 17.5 Å². The number of carbonyl (C=O) groups is 2. The summed E-state index contributed by atoms with van der Waals surface area (Å²) < 4.78 is 26.2. The van der Waals surface area contributed by atoms with Crippen molar-refractivity contribution in [2.75, 3.05) is 11.7 Å². The first-order valence-electron chi connectivity index (χ1n) is 10.1. The molecule has 1 fully saturated rings. The van der Waals surface area contributed by atoms with Crippen molar-refractivity contribution < 1.29 is 23.5 Å². The lowest BCUT2D eigenvalue weighted by molar-refractivity contribution is -0.122. The first-order valence-corrected chi connectivity index (χ1v) is 10.5. The molecule has 0 bridgehead atoms. The largest absolute Gasteiger partial charge is 0.454 e. The Bertz CT molecular complexity index is 1360. The molecule has 1 N–H and O–H groups in total. The van der Waals surface area contributed by atoms with E-state index in [1.165, 1.54) is 29.2 Å².